The molecule has 0 bridgehead atoms. The molecule has 10 N–H and O–H groups in total. The minimum Gasteiger partial charge on any atom is -0.369 e. The molecule has 0 radical (unpaired) electrons. The Morgan fingerprint density at radius 2 is 0.787 bits per heavy atom. The van der Waals surface area contributed by atoms with E-state index in [2.05, 4.69) is 10.6 Å². The molecular weight excluding hydrogens is 793 g/mol. The molecule has 5 atom stereocenters. The summed E-state index contributed by atoms with van der Waals surface area (Å²) in [7, 11) is 0. The van der Waals surface area contributed by atoms with Crippen molar-refractivity contribution < 1.29 is 57.2 Å². The molecule has 2 rings (SSSR count). The Kier molecular flexibility index (Phi) is 18.0. The van der Waals surface area contributed by atoms with Gasteiger partial charge in [0.2, 0.25) is 35.4 Å². The number of hydrogen-bond acceptors (Lipinski definition) is 12. The van der Waals surface area contributed by atoms with Crippen molar-refractivity contribution in [2.75, 3.05) is 39.9 Å². The lowest BCUT2D eigenvalue weighted by Gasteiger charge is -2.48. The molecule has 0 aliphatic carbocycles. The lowest BCUT2D eigenvalue weighted by Crippen LogP contribution is -2.63. The summed E-state index contributed by atoms with van der Waals surface area (Å²) in [6.07, 6.45) is 0.438. The topological polar surface area (TPSA) is 286 Å². The smallest absolute Gasteiger partial charge is 0.281 e. The second-order valence-electron chi connectivity index (χ2n) is 21.6. The second kappa shape index (κ2) is 20.4. The van der Waals surface area contributed by atoms with Crippen LogP contribution < -0.4 is 33.6 Å². The molecule has 0 aromatic heterocycles. The Bertz CT molecular complexity index is 1360. The van der Waals surface area contributed by atoms with E-state index >= 15 is 0 Å². The summed E-state index contributed by atoms with van der Waals surface area (Å²) in [4.78, 5) is 77.1. The van der Waals surface area contributed by atoms with Gasteiger partial charge in [-0.2, -0.15) is 0 Å². The third-order valence-corrected chi connectivity index (χ3v) is 12.1. The van der Waals surface area contributed by atoms with Gasteiger partial charge < -0.3 is 62.0 Å². The van der Waals surface area contributed by atoms with Gasteiger partial charge in [0.25, 0.3) is 5.97 Å². The van der Waals surface area contributed by atoms with E-state index in [1.807, 2.05) is 83.1 Å². The zero-order chi connectivity index (χ0) is 47.2. The average Bonchev–Trinajstić information content (AvgIpc) is 3.08. The summed E-state index contributed by atoms with van der Waals surface area (Å²) >= 11 is 0. The van der Waals surface area contributed by atoms with Gasteiger partial charge in [0.1, 0.15) is 25.7 Å². The maximum absolute atomic E-state index is 13.6. The molecule has 2 saturated heterocycles. The first-order valence-corrected chi connectivity index (χ1v) is 21.1. The van der Waals surface area contributed by atoms with Gasteiger partial charge in [0.05, 0.1) is 19.8 Å². The molecule has 18 heteroatoms. The lowest BCUT2D eigenvalue weighted by atomic mass is 9.70. The fourth-order valence-corrected chi connectivity index (χ4v) is 7.73. The van der Waals surface area contributed by atoms with Gasteiger partial charge in [-0.15, -0.1) is 0 Å². The number of nitrogens with one attached hydrogen (secondary N) is 2. The highest BCUT2D eigenvalue weighted by atomic mass is 16.9. The average molecular weight is 871 g/mol. The van der Waals surface area contributed by atoms with Crippen LogP contribution in [-0.4, -0.2) is 92.7 Å². The SMILES string of the molecule is CC1(OCNC(=O)C(CC(C(N)=O)C(C)(C)C)CC(C(N)=O)C(C)(C)C)COC2(CO1)COC(C)(OCNC(=O)C(CC(C(N)=O)C(C)(C)C)CC(C(N)=O)C(C)(C)C)OC2. The van der Waals surface area contributed by atoms with E-state index in [4.69, 9.17) is 51.4 Å². The first-order chi connectivity index (χ1) is 27.5. The number of carbonyl (C=O) groups is 6. The largest absolute Gasteiger partial charge is 0.369 e. The molecule has 6 amide bonds. The Balaban J connectivity index is 2.02. The highest BCUT2D eigenvalue weighted by Crippen LogP contribution is 2.39. The zero-order valence-corrected chi connectivity index (χ0v) is 39.2. The molecule has 5 unspecified atom stereocenters. The van der Waals surface area contributed by atoms with E-state index in [1.165, 1.54) is 0 Å². The molecule has 0 saturated carbocycles. The van der Waals surface area contributed by atoms with E-state index < -0.39 is 110 Å². The Morgan fingerprint density at radius 3 is 1.05 bits per heavy atom. The van der Waals surface area contributed by atoms with Crippen LogP contribution in [0.5, 0.6) is 0 Å². The summed E-state index contributed by atoms with van der Waals surface area (Å²) in [5.41, 5.74) is 19.9. The number of carbonyl (C=O) groups excluding carboxylic acids is 6. The molecule has 352 valence electrons. The summed E-state index contributed by atoms with van der Waals surface area (Å²) in [6, 6.07) is 0. The normalized spacial score (nSPS) is 25.7. The van der Waals surface area contributed by atoms with Gasteiger partial charge in [0.15, 0.2) is 5.79 Å². The molecule has 1 spiro atoms. The van der Waals surface area contributed by atoms with Crippen LogP contribution >= 0.6 is 0 Å². The summed E-state index contributed by atoms with van der Waals surface area (Å²) in [6.45, 7) is 24.9. The molecule has 0 aromatic carbocycles. The maximum Gasteiger partial charge on any atom is 0.281 e. The van der Waals surface area contributed by atoms with Crippen LogP contribution in [0, 0.1) is 57.2 Å². The van der Waals surface area contributed by atoms with Crippen molar-refractivity contribution >= 4 is 35.4 Å². The summed E-state index contributed by atoms with van der Waals surface area (Å²) < 4.78 is 36.0. The maximum atomic E-state index is 13.6. The van der Waals surface area contributed by atoms with Crippen molar-refractivity contribution in [2.45, 2.75) is 140 Å². The molecule has 61 heavy (non-hydrogen) atoms. The van der Waals surface area contributed by atoms with Crippen LogP contribution in [0.2, 0.25) is 0 Å². The fraction of sp³-hybridized carbons (Fsp3) is 0.860. The second-order valence-corrected chi connectivity index (χ2v) is 21.6. The molecular formula is C43H78N6O12. The monoisotopic (exact) mass is 871 g/mol. The Morgan fingerprint density at radius 1 is 0.492 bits per heavy atom. The van der Waals surface area contributed by atoms with Crippen molar-refractivity contribution in [1.82, 2.24) is 10.6 Å². The summed E-state index contributed by atoms with van der Waals surface area (Å²) in [5, 5.41) is 5.50. The van der Waals surface area contributed by atoms with Gasteiger partial charge in [-0.25, -0.2) is 0 Å². The quantitative estimate of drug-likeness (QED) is 0.0964. The first kappa shape index (κ1) is 53.7. The number of amides is 6. The third-order valence-electron chi connectivity index (χ3n) is 12.1. The van der Waals surface area contributed by atoms with Crippen LogP contribution in [0.4, 0.5) is 0 Å². The van der Waals surface area contributed by atoms with Crippen molar-refractivity contribution in [1.29, 1.82) is 0 Å². The fourth-order valence-electron chi connectivity index (χ4n) is 7.73. The Labute approximate surface area is 362 Å². The minimum atomic E-state index is -1.57. The van der Waals surface area contributed by atoms with Crippen LogP contribution in [0.25, 0.3) is 0 Å². The van der Waals surface area contributed by atoms with Crippen LogP contribution in [-0.2, 0) is 57.2 Å². The number of ether oxygens (including phenoxy) is 6. The van der Waals surface area contributed by atoms with Gasteiger partial charge in [-0.3, -0.25) is 28.8 Å². The van der Waals surface area contributed by atoms with Gasteiger partial charge in [-0.1, -0.05) is 83.1 Å². The van der Waals surface area contributed by atoms with Gasteiger partial charge in [0, 0.05) is 42.4 Å². The number of primary amides is 4. The van der Waals surface area contributed by atoms with Crippen molar-refractivity contribution in [3.8, 4) is 0 Å². The summed E-state index contributed by atoms with van der Waals surface area (Å²) in [5.74, 6) is -10.1. The van der Waals surface area contributed by atoms with E-state index in [1.54, 1.807) is 13.8 Å². The van der Waals surface area contributed by atoms with Crippen LogP contribution in [0.15, 0.2) is 0 Å². The molecule has 2 aliphatic rings. The molecule has 2 fully saturated rings. The van der Waals surface area contributed by atoms with Gasteiger partial charge >= 0.3 is 0 Å². The molecule has 18 nitrogen and oxygen atoms in total. The highest BCUT2D eigenvalue weighted by molar-refractivity contribution is 5.84. The highest BCUT2D eigenvalue weighted by Gasteiger charge is 2.50. The zero-order valence-electron chi connectivity index (χ0n) is 39.2. The van der Waals surface area contributed by atoms with E-state index in [-0.39, 0.29) is 65.6 Å². The van der Waals surface area contributed by atoms with Crippen molar-refractivity contribution in [3.05, 3.63) is 0 Å². The number of hydrogen-bond donors (Lipinski definition) is 6. The van der Waals surface area contributed by atoms with Crippen molar-refractivity contribution in [2.24, 2.45) is 80.1 Å². The van der Waals surface area contributed by atoms with Crippen molar-refractivity contribution in [3.63, 3.8) is 0 Å². The lowest BCUT2D eigenvalue weighted by molar-refractivity contribution is -0.440. The molecule has 2 aliphatic heterocycles. The predicted octanol–water partition coefficient (Wildman–Crippen LogP) is 2.77. The molecule has 2 heterocycles. The van der Waals surface area contributed by atoms with Gasteiger partial charge in [-0.05, 0) is 54.3 Å². The first-order valence-electron chi connectivity index (χ1n) is 21.1. The number of rotatable bonds is 20. The van der Waals surface area contributed by atoms with E-state index in [0.717, 1.165) is 0 Å². The van der Waals surface area contributed by atoms with Crippen LogP contribution in [0.3, 0.4) is 0 Å². The van der Waals surface area contributed by atoms with E-state index in [0.29, 0.717) is 0 Å². The third kappa shape index (κ3) is 16.0. The standard InChI is InChI=1S/C43H78N6O12/c1-37(2,3)27(31(44)50)15-25(16-28(32(45)51)38(4,5)6)35(54)48-23-60-41(13)19-59-43(20-56-41)21-57-42(14,58-22-43)61-24-49-36(55)26(17-29(33(46)52)39(7,8)9)18-30(34(47)53)40(10,11)12/h25-30H,15-24H2,1-14H3,(H2,44,50)(H2,45,51)(H2,46,52)(H2,47,53)(H,48,54)(H,49,55). The predicted molar refractivity (Wildman–Crippen MR) is 226 cm³/mol. The molecule has 0 aromatic rings. The Hall–Kier alpha value is -3.42. The van der Waals surface area contributed by atoms with E-state index in [9.17, 15) is 28.8 Å². The number of nitrogens with two attached hydrogens (primary N) is 4. The van der Waals surface area contributed by atoms with Crippen LogP contribution in [0.1, 0.15) is 123 Å². The minimum absolute atomic E-state index is 0.00404.